The van der Waals surface area contributed by atoms with Crippen LogP contribution in [-0.2, 0) is 0 Å². The van der Waals surface area contributed by atoms with Crippen LogP contribution in [0.3, 0.4) is 0 Å². The summed E-state index contributed by atoms with van der Waals surface area (Å²) in [5.41, 5.74) is 2.81. The number of nitrogens with zero attached hydrogens (tertiary/aromatic N) is 2. The number of fused-ring (bicyclic) bond motifs is 1. The quantitative estimate of drug-likeness (QED) is 0.862. The van der Waals surface area contributed by atoms with Crippen LogP contribution in [0.4, 0.5) is 0 Å². The first-order valence-corrected chi connectivity index (χ1v) is 7.17. The average Bonchev–Trinajstić information content (AvgIpc) is 3.19. The molecule has 19 heavy (non-hydrogen) atoms. The van der Waals surface area contributed by atoms with Gasteiger partial charge in [-0.15, -0.1) is 0 Å². The highest BCUT2D eigenvalue weighted by Crippen LogP contribution is 2.38. The molecule has 2 aliphatic rings. The number of hydrogen-bond donors (Lipinski definition) is 2. The van der Waals surface area contributed by atoms with Gasteiger partial charge in [0.05, 0.1) is 11.4 Å². The Bertz CT molecular complexity index is 662. The number of H-pyrrole nitrogens is 1. The molecule has 1 saturated carbocycles. The number of rotatable bonds is 2. The summed E-state index contributed by atoms with van der Waals surface area (Å²) in [7, 11) is 0. The van der Waals surface area contributed by atoms with E-state index in [4.69, 9.17) is 0 Å². The van der Waals surface area contributed by atoms with Gasteiger partial charge in [-0.05, 0) is 32.2 Å². The molecule has 1 aliphatic carbocycles. The molecule has 5 heteroatoms. The van der Waals surface area contributed by atoms with Crippen LogP contribution in [0.15, 0.2) is 16.9 Å². The number of nitrogens with one attached hydrogen (secondary N) is 2. The Kier molecular flexibility index (Phi) is 2.48. The van der Waals surface area contributed by atoms with Gasteiger partial charge in [0.1, 0.15) is 0 Å². The zero-order chi connectivity index (χ0) is 12.8. The highest BCUT2D eigenvalue weighted by atomic mass is 16.1. The van der Waals surface area contributed by atoms with Crippen LogP contribution in [0, 0.1) is 0 Å². The van der Waals surface area contributed by atoms with Crippen LogP contribution in [0.1, 0.15) is 55.5 Å². The lowest BCUT2D eigenvalue weighted by molar-refractivity contribution is 0.404. The minimum Gasteiger partial charge on any atom is -0.309 e. The van der Waals surface area contributed by atoms with Gasteiger partial charge in [-0.3, -0.25) is 9.89 Å². The molecule has 1 unspecified atom stereocenters. The minimum absolute atomic E-state index is 0.00830. The van der Waals surface area contributed by atoms with Crippen LogP contribution in [0.5, 0.6) is 0 Å². The third-order valence-electron chi connectivity index (χ3n) is 4.17. The molecule has 1 aliphatic heterocycles. The van der Waals surface area contributed by atoms with Gasteiger partial charge < -0.3 is 5.32 Å². The molecular weight excluding hydrogens is 240 g/mol. The van der Waals surface area contributed by atoms with Crippen molar-refractivity contribution < 1.29 is 0 Å². The fraction of sp³-hybridized carbons (Fsp3) is 0.571. The van der Waals surface area contributed by atoms with Gasteiger partial charge in [0.2, 0.25) is 0 Å². The van der Waals surface area contributed by atoms with Gasteiger partial charge in [-0.2, -0.15) is 0 Å². The van der Waals surface area contributed by atoms with Crippen molar-refractivity contribution in [1.29, 1.82) is 0 Å². The van der Waals surface area contributed by atoms with Crippen LogP contribution in [0.2, 0.25) is 0 Å². The normalized spacial score (nSPS) is 23.9. The number of piperidine rings is 1. The number of aromatic nitrogens is 3. The van der Waals surface area contributed by atoms with Crippen LogP contribution < -0.4 is 10.9 Å². The van der Waals surface area contributed by atoms with Crippen molar-refractivity contribution in [3.63, 3.8) is 0 Å². The van der Waals surface area contributed by atoms with E-state index in [9.17, 15) is 4.79 Å². The summed E-state index contributed by atoms with van der Waals surface area (Å²) in [5, 5.41) is 6.69. The van der Waals surface area contributed by atoms with Gasteiger partial charge >= 0.3 is 0 Å². The summed E-state index contributed by atoms with van der Waals surface area (Å²) in [6.45, 7) is 1.05. The molecule has 100 valence electrons. The predicted molar refractivity (Wildman–Crippen MR) is 72.4 cm³/mol. The summed E-state index contributed by atoms with van der Waals surface area (Å²) in [5.74, 6) is 0.517. The lowest BCUT2D eigenvalue weighted by Gasteiger charge is -2.21. The van der Waals surface area contributed by atoms with Crippen LogP contribution >= 0.6 is 0 Å². The van der Waals surface area contributed by atoms with Gasteiger partial charge in [-0.1, -0.05) is 6.42 Å². The SMILES string of the molecule is O=c1cc(C2CC2)nc2cc(C3CCCCN3)[nH]n12. The Morgan fingerprint density at radius 3 is 2.84 bits per heavy atom. The van der Waals surface area contributed by atoms with E-state index in [1.54, 1.807) is 10.6 Å². The first kappa shape index (κ1) is 11.2. The molecule has 3 heterocycles. The maximum Gasteiger partial charge on any atom is 0.272 e. The molecule has 2 N–H and O–H groups in total. The van der Waals surface area contributed by atoms with Gasteiger partial charge in [0.15, 0.2) is 5.65 Å². The first-order valence-electron chi connectivity index (χ1n) is 7.17. The summed E-state index contributed by atoms with van der Waals surface area (Å²) in [4.78, 5) is 16.7. The van der Waals surface area contributed by atoms with Crippen LogP contribution in [-0.4, -0.2) is 21.1 Å². The topological polar surface area (TPSA) is 62.2 Å². The van der Waals surface area contributed by atoms with Crippen molar-refractivity contribution >= 4 is 5.65 Å². The lowest BCUT2D eigenvalue weighted by atomic mass is 10.0. The van der Waals surface area contributed by atoms with Crippen molar-refractivity contribution in [2.24, 2.45) is 0 Å². The second-order valence-corrected chi connectivity index (χ2v) is 5.70. The van der Waals surface area contributed by atoms with Crippen molar-refractivity contribution in [2.45, 2.75) is 44.1 Å². The van der Waals surface area contributed by atoms with Crippen LogP contribution in [0.25, 0.3) is 5.65 Å². The first-order chi connectivity index (χ1) is 9.31. The van der Waals surface area contributed by atoms with E-state index in [1.165, 1.54) is 25.7 Å². The molecule has 2 aromatic rings. The van der Waals surface area contributed by atoms with Gasteiger partial charge in [0.25, 0.3) is 5.56 Å². The fourth-order valence-corrected chi connectivity index (χ4v) is 2.91. The third-order valence-corrected chi connectivity index (χ3v) is 4.17. The van der Waals surface area contributed by atoms with Crippen molar-refractivity contribution in [3.8, 4) is 0 Å². The molecule has 0 aromatic carbocycles. The highest BCUT2D eigenvalue weighted by Gasteiger charge is 2.26. The number of aromatic amines is 1. The maximum atomic E-state index is 12.1. The molecule has 0 amide bonds. The zero-order valence-electron chi connectivity index (χ0n) is 10.9. The second-order valence-electron chi connectivity index (χ2n) is 5.70. The van der Waals surface area contributed by atoms with E-state index in [0.29, 0.717) is 12.0 Å². The molecule has 2 fully saturated rings. The Morgan fingerprint density at radius 2 is 2.11 bits per heavy atom. The Labute approximate surface area is 111 Å². The largest absolute Gasteiger partial charge is 0.309 e. The van der Waals surface area contributed by atoms with Crippen molar-refractivity contribution in [3.05, 3.63) is 33.9 Å². The molecule has 1 atom stereocenters. The Morgan fingerprint density at radius 1 is 1.21 bits per heavy atom. The smallest absolute Gasteiger partial charge is 0.272 e. The van der Waals surface area contributed by atoms with Gasteiger partial charge in [-0.25, -0.2) is 9.50 Å². The van der Waals surface area contributed by atoms with E-state index in [1.807, 2.05) is 6.07 Å². The summed E-state index contributed by atoms with van der Waals surface area (Å²) in [6, 6.07) is 4.04. The van der Waals surface area contributed by atoms with E-state index >= 15 is 0 Å². The predicted octanol–water partition coefficient (Wildman–Crippen LogP) is 1.71. The van der Waals surface area contributed by atoms with E-state index in [-0.39, 0.29) is 5.56 Å². The van der Waals surface area contributed by atoms with E-state index in [0.717, 1.165) is 30.0 Å². The summed E-state index contributed by atoms with van der Waals surface area (Å²) in [6.07, 6.45) is 5.94. The fourth-order valence-electron chi connectivity index (χ4n) is 2.91. The van der Waals surface area contributed by atoms with Gasteiger partial charge in [0, 0.05) is 24.1 Å². The Hall–Kier alpha value is -1.62. The molecule has 5 nitrogen and oxygen atoms in total. The monoisotopic (exact) mass is 258 g/mol. The standard InChI is InChI=1S/C14H18N4O/c19-14-8-11(9-4-5-9)16-13-7-12(17-18(13)14)10-3-1-2-6-15-10/h7-10,15,17H,1-6H2. The lowest BCUT2D eigenvalue weighted by Crippen LogP contribution is -2.27. The maximum absolute atomic E-state index is 12.1. The highest BCUT2D eigenvalue weighted by molar-refractivity contribution is 5.41. The molecule has 0 spiro atoms. The Balaban J connectivity index is 1.77. The molecular formula is C14H18N4O. The van der Waals surface area contributed by atoms with Crippen molar-refractivity contribution in [2.75, 3.05) is 6.54 Å². The summed E-state index contributed by atoms with van der Waals surface area (Å²) >= 11 is 0. The minimum atomic E-state index is 0.00830. The molecule has 4 rings (SSSR count). The van der Waals surface area contributed by atoms with Crippen molar-refractivity contribution in [1.82, 2.24) is 19.9 Å². The third kappa shape index (κ3) is 1.98. The number of hydrogen-bond acceptors (Lipinski definition) is 3. The average molecular weight is 258 g/mol. The molecule has 0 radical (unpaired) electrons. The summed E-state index contributed by atoms with van der Waals surface area (Å²) < 4.78 is 1.57. The molecule has 1 saturated heterocycles. The zero-order valence-corrected chi connectivity index (χ0v) is 10.9. The van der Waals surface area contributed by atoms with E-state index < -0.39 is 0 Å². The second kappa shape index (κ2) is 4.20. The molecule has 0 bridgehead atoms. The molecule has 2 aromatic heterocycles. The van der Waals surface area contributed by atoms with E-state index in [2.05, 4.69) is 15.4 Å².